The van der Waals surface area contributed by atoms with Crippen LogP contribution in [0, 0.1) is 0 Å². The number of benzene rings is 3. The molecule has 4 amide bonds. The summed E-state index contributed by atoms with van der Waals surface area (Å²) >= 11 is 6.08. The van der Waals surface area contributed by atoms with Crippen molar-refractivity contribution in [2.45, 2.75) is 19.0 Å². The minimum absolute atomic E-state index is 0.223. The van der Waals surface area contributed by atoms with Crippen LogP contribution in [0.2, 0.25) is 5.02 Å². The summed E-state index contributed by atoms with van der Waals surface area (Å²) in [6, 6.07) is 20.8. The molecular formula is C27H27ClN4O3. The lowest BCUT2D eigenvalue weighted by Gasteiger charge is -2.35. The van der Waals surface area contributed by atoms with E-state index in [-0.39, 0.29) is 12.5 Å². The van der Waals surface area contributed by atoms with Gasteiger partial charge in [-0.1, -0.05) is 60.1 Å². The maximum atomic E-state index is 13.3. The van der Waals surface area contributed by atoms with Crippen molar-refractivity contribution in [2.24, 2.45) is 0 Å². The minimum atomic E-state index is -1.21. The zero-order valence-corrected chi connectivity index (χ0v) is 20.3. The van der Waals surface area contributed by atoms with Gasteiger partial charge in [0.05, 0.1) is 0 Å². The van der Waals surface area contributed by atoms with Gasteiger partial charge in [-0.05, 0) is 47.0 Å². The lowest BCUT2D eigenvalue weighted by molar-refractivity contribution is -0.139. The highest BCUT2D eigenvalue weighted by molar-refractivity contribution is 6.30. The Balaban J connectivity index is 1.22. The van der Waals surface area contributed by atoms with E-state index < -0.39 is 17.5 Å². The van der Waals surface area contributed by atoms with Crippen LogP contribution >= 0.6 is 11.6 Å². The van der Waals surface area contributed by atoms with Gasteiger partial charge in [-0.3, -0.25) is 19.4 Å². The molecule has 1 atom stereocenters. The number of nitrogens with zero attached hydrogens (tertiary/aromatic N) is 3. The van der Waals surface area contributed by atoms with E-state index in [0.717, 1.165) is 27.8 Å². The van der Waals surface area contributed by atoms with Crippen LogP contribution in [-0.4, -0.2) is 65.3 Å². The van der Waals surface area contributed by atoms with E-state index in [2.05, 4.69) is 10.2 Å². The third-order valence-corrected chi connectivity index (χ3v) is 7.15. The number of fused-ring (bicyclic) bond motifs is 1. The molecule has 2 fully saturated rings. The summed E-state index contributed by atoms with van der Waals surface area (Å²) < 4.78 is 0. The average molecular weight is 491 g/mol. The molecule has 2 saturated heterocycles. The Morgan fingerprint density at radius 2 is 1.69 bits per heavy atom. The zero-order chi connectivity index (χ0) is 24.6. The van der Waals surface area contributed by atoms with Crippen molar-refractivity contribution in [3.63, 3.8) is 0 Å². The first kappa shape index (κ1) is 23.3. The molecule has 0 aliphatic carbocycles. The number of imide groups is 1. The molecule has 5 rings (SSSR count). The van der Waals surface area contributed by atoms with Crippen LogP contribution in [0.3, 0.4) is 0 Å². The third kappa shape index (κ3) is 4.61. The molecule has 1 N–H and O–H groups in total. The molecule has 2 aliphatic heterocycles. The van der Waals surface area contributed by atoms with Crippen LogP contribution in [0.15, 0.2) is 66.7 Å². The van der Waals surface area contributed by atoms with E-state index in [1.165, 1.54) is 0 Å². The fourth-order valence-electron chi connectivity index (χ4n) is 4.82. The van der Waals surface area contributed by atoms with Crippen LogP contribution in [0.25, 0.3) is 10.8 Å². The van der Waals surface area contributed by atoms with E-state index >= 15 is 0 Å². The summed E-state index contributed by atoms with van der Waals surface area (Å²) in [6.45, 7) is 4.72. The molecule has 0 bridgehead atoms. The standard InChI is InChI=1S/C27H27ClN4O3/c1-27(22-10-9-20-6-2-3-7-21(20)16-22)25(34)32(26(35)29-27)18-24(33)31-13-11-30(12-14-31)17-19-5-4-8-23(28)15-19/h2-10,15-16H,11-14,17-18H2,1H3,(H,29,35)/t27-/m1/s1. The number of hydrogen-bond donors (Lipinski definition) is 1. The van der Waals surface area contributed by atoms with Gasteiger partial charge in [-0.2, -0.15) is 0 Å². The van der Waals surface area contributed by atoms with E-state index in [9.17, 15) is 14.4 Å². The number of carbonyl (C=O) groups is 3. The van der Waals surface area contributed by atoms with Gasteiger partial charge in [0.25, 0.3) is 5.91 Å². The van der Waals surface area contributed by atoms with Crippen molar-refractivity contribution in [3.8, 4) is 0 Å². The molecule has 0 spiro atoms. The van der Waals surface area contributed by atoms with Crippen molar-refractivity contribution >= 4 is 40.2 Å². The Labute approximate surface area is 209 Å². The molecule has 3 aromatic carbocycles. The highest BCUT2D eigenvalue weighted by atomic mass is 35.5. The smallest absolute Gasteiger partial charge is 0.325 e. The number of piperazine rings is 1. The van der Waals surface area contributed by atoms with Gasteiger partial charge in [0.1, 0.15) is 12.1 Å². The highest BCUT2D eigenvalue weighted by Crippen LogP contribution is 2.31. The fraction of sp³-hybridized carbons (Fsp3) is 0.296. The molecule has 2 aliphatic rings. The second-order valence-electron chi connectivity index (χ2n) is 9.30. The number of hydrogen-bond acceptors (Lipinski definition) is 4. The van der Waals surface area contributed by atoms with Gasteiger partial charge in [-0.25, -0.2) is 4.79 Å². The maximum absolute atomic E-state index is 13.3. The quantitative estimate of drug-likeness (QED) is 0.555. The van der Waals surface area contributed by atoms with Gasteiger partial charge in [0.15, 0.2) is 0 Å². The molecular weight excluding hydrogens is 464 g/mol. The summed E-state index contributed by atoms with van der Waals surface area (Å²) in [5.74, 6) is -0.635. The Bertz CT molecular complexity index is 1300. The van der Waals surface area contributed by atoms with E-state index in [4.69, 9.17) is 11.6 Å². The van der Waals surface area contributed by atoms with E-state index in [0.29, 0.717) is 36.8 Å². The summed E-state index contributed by atoms with van der Waals surface area (Å²) in [6.07, 6.45) is 0. The largest absolute Gasteiger partial charge is 0.339 e. The van der Waals surface area contributed by atoms with Gasteiger partial charge < -0.3 is 10.2 Å². The van der Waals surface area contributed by atoms with Gasteiger partial charge >= 0.3 is 6.03 Å². The van der Waals surface area contributed by atoms with Crippen molar-refractivity contribution in [3.05, 3.63) is 82.9 Å². The van der Waals surface area contributed by atoms with Crippen LogP contribution < -0.4 is 5.32 Å². The topological polar surface area (TPSA) is 73.0 Å². The number of nitrogens with one attached hydrogen (secondary N) is 1. The monoisotopic (exact) mass is 490 g/mol. The summed E-state index contributed by atoms with van der Waals surface area (Å²) in [5.41, 5.74) is 0.612. The van der Waals surface area contributed by atoms with E-state index in [1.54, 1.807) is 11.8 Å². The lowest BCUT2D eigenvalue weighted by atomic mass is 9.90. The average Bonchev–Trinajstić information content (AvgIpc) is 3.08. The van der Waals surface area contributed by atoms with Crippen molar-refractivity contribution in [1.29, 1.82) is 0 Å². The molecule has 2 heterocycles. The fourth-order valence-corrected chi connectivity index (χ4v) is 5.03. The second-order valence-corrected chi connectivity index (χ2v) is 9.73. The van der Waals surface area contributed by atoms with Gasteiger partial charge in [0.2, 0.25) is 5.91 Å². The number of amides is 4. The molecule has 180 valence electrons. The Hall–Kier alpha value is -3.42. The number of urea groups is 1. The maximum Gasteiger partial charge on any atom is 0.325 e. The zero-order valence-electron chi connectivity index (χ0n) is 19.5. The first-order chi connectivity index (χ1) is 16.8. The molecule has 8 heteroatoms. The Morgan fingerprint density at radius 3 is 2.43 bits per heavy atom. The van der Waals surface area contributed by atoms with Crippen molar-refractivity contribution in [2.75, 3.05) is 32.7 Å². The summed E-state index contributed by atoms with van der Waals surface area (Å²) in [5, 5.41) is 5.55. The number of halogens is 1. The Morgan fingerprint density at radius 1 is 0.943 bits per heavy atom. The van der Waals surface area contributed by atoms with Gasteiger partial charge in [-0.15, -0.1) is 0 Å². The SMILES string of the molecule is C[C@]1(c2ccc3ccccc3c2)NC(=O)N(CC(=O)N2CCN(Cc3cccc(Cl)c3)CC2)C1=O. The van der Waals surface area contributed by atoms with Gasteiger partial charge in [0, 0.05) is 37.7 Å². The van der Waals surface area contributed by atoms with Crippen LogP contribution in [0.5, 0.6) is 0 Å². The van der Waals surface area contributed by atoms with Crippen molar-refractivity contribution < 1.29 is 14.4 Å². The normalized spacial score (nSPS) is 21.0. The molecule has 7 nitrogen and oxygen atoms in total. The number of rotatable bonds is 5. The van der Waals surface area contributed by atoms with Crippen LogP contribution in [0.1, 0.15) is 18.1 Å². The molecule has 3 aromatic rings. The molecule has 0 aromatic heterocycles. The predicted molar refractivity (Wildman–Crippen MR) is 135 cm³/mol. The third-order valence-electron chi connectivity index (χ3n) is 6.92. The van der Waals surface area contributed by atoms with Crippen LogP contribution in [0.4, 0.5) is 4.79 Å². The molecule has 35 heavy (non-hydrogen) atoms. The number of carbonyl (C=O) groups excluding carboxylic acids is 3. The molecule has 0 unspecified atom stereocenters. The second kappa shape index (κ2) is 9.32. The molecule has 0 saturated carbocycles. The van der Waals surface area contributed by atoms with Crippen molar-refractivity contribution in [1.82, 2.24) is 20.0 Å². The highest BCUT2D eigenvalue weighted by Gasteiger charge is 2.49. The Kier molecular flexibility index (Phi) is 6.21. The summed E-state index contributed by atoms with van der Waals surface area (Å²) in [4.78, 5) is 44.1. The summed E-state index contributed by atoms with van der Waals surface area (Å²) in [7, 11) is 0. The minimum Gasteiger partial charge on any atom is -0.339 e. The lowest BCUT2D eigenvalue weighted by Crippen LogP contribution is -2.51. The first-order valence-corrected chi connectivity index (χ1v) is 12.1. The van der Waals surface area contributed by atoms with Crippen LogP contribution in [-0.2, 0) is 21.7 Å². The predicted octanol–water partition coefficient (Wildman–Crippen LogP) is 3.60. The molecule has 0 radical (unpaired) electrons. The van der Waals surface area contributed by atoms with E-state index in [1.807, 2.05) is 66.7 Å². The first-order valence-electron chi connectivity index (χ1n) is 11.7.